The number of carboxylic acids is 1. The van der Waals surface area contributed by atoms with Crippen LogP contribution >= 0.6 is 22.7 Å². The van der Waals surface area contributed by atoms with Crippen LogP contribution in [0.25, 0.3) is 26.6 Å². The largest absolute Gasteiger partial charge is 0.490 e. The lowest BCUT2D eigenvalue weighted by Gasteiger charge is -2.35. The number of aliphatic hydroxyl groups is 1. The van der Waals surface area contributed by atoms with Crippen molar-refractivity contribution < 1.29 is 67.3 Å². The third-order valence-corrected chi connectivity index (χ3v) is 17.4. The quantitative estimate of drug-likeness (QED) is 0.0285. The molecule has 2 aliphatic rings. The maximum absolute atomic E-state index is 14.0. The number of β-amino-alcohol motifs (C(OH)–C–C–N with tert-alkyl or cyclic N) is 1. The number of nitrogens with zero attached hydrogens (tertiary/aromatic N) is 7. The lowest BCUT2D eigenvalue weighted by molar-refractivity contribution is -0.144. The van der Waals surface area contributed by atoms with Gasteiger partial charge < -0.3 is 63.6 Å². The molecule has 0 radical (unpaired) electrons. The van der Waals surface area contributed by atoms with E-state index in [1.54, 1.807) is 34.8 Å². The normalized spacial score (nSPS) is 16.2. The van der Waals surface area contributed by atoms with Crippen LogP contribution in [0.15, 0.2) is 77.2 Å². The predicted molar refractivity (Wildman–Crippen MR) is 338 cm³/mol. The highest BCUT2D eigenvalue weighted by atomic mass is 32.1. The van der Waals surface area contributed by atoms with Crippen molar-refractivity contribution in [3.05, 3.63) is 122 Å². The van der Waals surface area contributed by atoms with Gasteiger partial charge in [0.05, 0.1) is 132 Å². The van der Waals surface area contributed by atoms with E-state index < -0.39 is 47.4 Å². The van der Waals surface area contributed by atoms with Crippen molar-refractivity contribution in [1.29, 1.82) is 5.26 Å². The lowest BCUT2D eigenvalue weighted by Crippen LogP contribution is -2.58. The Hall–Kier alpha value is -7.35. The number of thiophene rings is 1. The predicted octanol–water partition coefficient (Wildman–Crippen LogP) is 7.46. The molecule has 3 amide bonds. The van der Waals surface area contributed by atoms with Crippen molar-refractivity contribution in [2.45, 2.75) is 98.5 Å². The van der Waals surface area contributed by atoms with Crippen LogP contribution < -0.4 is 15.4 Å². The summed E-state index contributed by atoms with van der Waals surface area (Å²) in [5.41, 5.74) is 9.61. The molecule has 0 unspecified atom stereocenters. The van der Waals surface area contributed by atoms with E-state index in [9.17, 15) is 34.7 Å². The van der Waals surface area contributed by atoms with Crippen molar-refractivity contribution in [1.82, 2.24) is 35.3 Å². The number of aliphatic hydroxyl groups excluding tert-OH is 1. The first-order valence-electron chi connectivity index (χ1n) is 30.1. The number of amides is 3. The molecule has 6 aromatic rings. The molecule has 0 saturated carbocycles. The van der Waals surface area contributed by atoms with Gasteiger partial charge in [-0.25, -0.2) is 4.98 Å². The van der Waals surface area contributed by atoms with Crippen LogP contribution in [-0.4, -0.2) is 188 Å². The molecule has 90 heavy (non-hydrogen) atoms. The molecular formula is C65H81N9O14S2. The highest BCUT2D eigenvalue weighted by molar-refractivity contribution is 7.15. The Morgan fingerprint density at radius 1 is 0.744 bits per heavy atom. The number of carbonyl (C=O) groups is 4. The first-order chi connectivity index (χ1) is 43.3. The smallest absolute Gasteiger partial charge is 0.306 e. The summed E-state index contributed by atoms with van der Waals surface area (Å²) < 4.78 is 46.9. The minimum Gasteiger partial charge on any atom is -0.490 e. The number of carbonyl (C=O) groups excluding carboxylic acids is 3. The van der Waals surface area contributed by atoms with E-state index >= 15 is 0 Å². The molecule has 1 fully saturated rings. The summed E-state index contributed by atoms with van der Waals surface area (Å²) in [6.45, 7) is 19.6. The SMILES string of the molecule is Cc1ncsc1-c1ccc([C@H](C)NC(=O)[C@@H]2C[C@@H](O)CN2C(=O)[C@@H](NC(=O)COCCOCCOCCOCCOCCOCCOCCOc2ccc(-c3ccc(C4=N[C@@H](CC(=O)O)c5nnc(C)n5-c5sc(C)c(C)c54)cc3)cc2C#N)C(C)(C)C)cc1. The number of benzene rings is 3. The molecule has 8 rings (SSSR count). The fourth-order valence-corrected chi connectivity index (χ4v) is 12.4. The summed E-state index contributed by atoms with van der Waals surface area (Å²) in [4.78, 5) is 65.6. The van der Waals surface area contributed by atoms with Crippen LogP contribution in [0.3, 0.4) is 0 Å². The molecule has 0 spiro atoms. The molecule has 0 bridgehead atoms. The number of aryl methyl sites for hydroxylation is 3. The third-order valence-electron chi connectivity index (χ3n) is 15.2. The molecule has 0 aliphatic carbocycles. The summed E-state index contributed by atoms with van der Waals surface area (Å²) in [5, 5.41) is 45.8. The molecule has 4 N–H and O–H groups in total. The summed E-state index contributed by atoms with van der Waals surface area (Å²) in [6, 6.07) is 20.5. The molecule has 3 aromatic carbocycles. The van der Waals surface area contributed by atoms with Gasteiger partial charge in [0.25, 0.3) is 0 Å². The van der Waals surface area contributed by atoms with Gasteiger partial charge in [0.2, 0.25) is 17.7 Å². The van der Waals surface area contributed by atoms with E-state index in [2.05, 4.69) is 38.8 Å². The van der Waals surface area contributed by atoms with Gasteiger partial charge in [0, 0.05) is 29.0 Å². The average molecular weight is 1280 g/mol. The van der Waals surface area contributed by atoms with Gasteiger partial charge in [-0.1, -0.05) is 75.4 Å². The third kappa shape index (κ3) is 18.4. The number of nitrogens with one attached hydrogen (secondary N) is 2. The molecule has 2 aliphatic heterocycles. The summed E-state index contributed by atoms with van der Waals surface area (Å²) >= 11 is 3.18. The van der Waals surface area contributed by atoms with Crippen LogP contribution in [0.5, 0.6) is 5.75 Å². The Morgan fingerprint density at radius 3 is 1.88 bits per heavy atom. The highest BCUT2D eigenvalue weighted by Crippen LogP contribution is 2.40. The summed E-state index contributed by atoms with van der Waals surface area (Å²) in [7, 11) is 0. The van der Waals surface area contributed by atoms with Crippen molar-refractivity contribution >= 4 is 52.1 Å². The number of fused-ring (bicyclic) bond motifs is 3. The van der Waals surface area contributed by atoms with Crippen LogP contribution in [-0.2, 0) is 52.3 Å². The van der Waals surface area contributed by atoms with E-state index in [-0.39, 0.29) is 57.8 Å². The fourth-order valence-electron chi connectivity index (χ4n) is 10.3. The zero-order valence-corrected chi connectivity index (χ0v) is 53.9. The van der Waals surface area contributed by atoms with Gasteiger partial charge in [-0.05, 0) is 80.0 Å². The van der Waals surface area contributed by atoms with Gasteiger partial charge >= 0.3 is 5.97 Å². The van der Waals surface area contributed by atoms with E-state index in [1.807, 2.05) is 113 Å². The number of thiazole rings is 1. The Balaban J connectivity index is 0.617. The van der Waals surface area contributed by atoms with Gasteiger partial charge in [-0.2, -0.15) is 5.26 Å². The number of likely N-dealkylation sites (tertiary alicyclic amines) is 1. The van der Waals surface area contributed by atoms with Crippen LogP contribution in [0, 0.1) is 44.4 Å². The van der Waals surface area contributed by atoms with Crippen LogP contribution in [0.2, 0.25) is 0 Å². The van der Waals surface area contributed by atoms with E-state index in [0.29, 0.717) is 101 Å². The molecule has 5 heterocycles. The lowest BCUT2D eigenvalue weighted by atomic mass is 9.85. The topological polar surface area (TPSA) is 290 Å². The molecule has 5 atom stereocenters. The second kappa shape index (κ2) is 33.1. The van der Waals surface area contributed by atoms with E-state index in [1.165, 1.54) is 4.90 Å². The number of aliphatic carboxylic acids is 1. The molecule has 1 saturated heterocycles. The monoisotopic (exact) mass is 1280 g/mol. The average Bonchev–Trinajstić information content (AvgIpc) is 2.04. The number of aromatic nitrogens is 4. The number of carboxylic acid groups (broad SMARTS) is 1. The second-order valence-corrected chi connectivity index (χ2v) is 24.9. The zero-order chi connectivity index (χ0) is 64.3. The fraction of sp³-hybridized carbons (Fsp3) is 0.492. The van der Waals surface area contributed by atoms with Crippen molar-refractivity contribution in [3.8, 4) is 38.4 Å². The number of hydrogen-bond donors (Lipinski definition) is 4. The van der Waals surface area contributed by atoms with Crippen LogP contribution in [0.1, 0.15) is 103 Å². The second-order valence-electron chi connectivity index (χ2n) is 22.9. The minimum absolute atomic E-state index is 0.0320. The van der Waals surface area contributed by atoms with Crippen molar-refractivity contribution in [2.75, 3.05) is 106 Å². The number of rotatable bonds is 34. The van der Waals surface area contributed by atoms with Crippen molar-refractivity contribution in [3.63, 3.8) is 0 Å². The van der Waals surface area contributed by atoms with Gasteiger partial charge in [0.1, 0.15) is 54.0 Å². The van der Waals surface area contributed by atoms with Gasteiger partial charge in [-0.3, -0.25) is 28.7 Å². The first kappa shape index (κ1) is 68.6. The Labute approximate surface area is 532 Å². The Kier molecular flexibility index (Phi) is 25.2. The van der Waals surface area contributed by atoms with Crippen LogP contribution in [0.4, 0.5) is 0 Å². The van der Waals surface area contributed by atoms with Gasteiger partial charge in [0.15, 0.2) is 5.82 Å². The molecule has 482 valence electrons. The number of aliphatic imine (C=N–C) groups is 1. The molecular weight excluding hydrogens is 1190 g/mol. The minimum atomic E-state index is -0.984. The van der Waals surface area contributed by atoms with E-state index in [4.69, 9.17) is 42.9 Å². The maximum Gasteiger partial charge on any atom is 0.306 e. The molecule has 3 aromatic heterocycles. The van der Waals surface area contributed by atoms with E-state index in [0.717, 1.165) is 59.4 Å². The maximum atomic E-state index is 14.0. The Morgan fingerprint density at radius 2 is 1.31 bits per heavy atom. The zero-order valence-electron chi connectivity index (χ0n) is 52.3. The first-order valence-corrected chi connectivity index (χ1v) is 31.7. The standard InChI is InChI=1S/C65H81N9O14S2/c1-40-43(4)90-64-57(40)58(69-52(35-56(77)78)61-72-71-44(5)74(61)64)47-13-11-46(12-14-47)49-17-18-54(50(33-49)36-66)88-32-31-86-28-27-84-24-23-82-20-19-81-21-22-83-25-26-85-29-30-87-38-55(76)70-60(65(6,7)8)63(80)73-37-51(75)34-53(73)62(79)68-41(2)45-9-15-48(16-10-45)59-42(3)67-39-89-59/h9-18,33,39,41,51-53,60,75H,19-32,34-35,37-38H2,1-8H3,(H,68,79)(H,70,76)(H,77,78)/t41-,51+,52-,53-,60+/m0/s1. The molecule has 23 nitrogen and oxygen atoms in total. The van der Waals surface area contributed by atoms with Gasteiger partial charge in [-0.15, -0.1) is 32.9 Å². The Bertz CT molecular complexity index is 3450. The summed E-state index contributed by atoms with van der Waals surface area (Å²) in [5.74, 6) is -0.695. The summed E-state index contributed by atoms with van der Waals surface area (Å²) in [6.07, 6.45) is -1.04. The number of nitriles is 1. The number of hydrogen-bond acceptors (Lipinski definition) is 20. The van der Waals surface area contributed by atoms with Crippen molar-refractivity contribution in [2.24, 2.45) is 10.4 Å². The highest BCUT2D eigenvalue weighted by Gasteiger charge is 2.45. The molecule has 25 heteroatoms. The number of ether oxygens (including phenoxy) is 8.